The summed E-state index contributed by atoms with van der Waals surface area (Å²) in [6.07, 6.45) is 12.2. The van der Waals surface area contributed by atoms with Crippen LogP contribution in [0.2, 0.25) is 0 Å². The maximum Gasteiger partial charge on any atom is 0.130 e. The topological polar surface area (TPSA) is 45.1 Å². The molecule has 3 atom stereocenters. The summed E-state index contributed by atoms with van der Waals surface area (Å²) in [5.74, 6) is 0.880. The van der Waals surface area contributed by atoms with E-state index in [4.69, 9.17) is 10.5 Å². The molecule has 240 valence electrons. The third-order valence-corrected chi connectivity index (χ3v) is 11.3. The standard InChI is InChI=1S/C44H36FN3O/c1-44-25-10-9-20-39(44)49-43-32(44)22-24-37-41(43)40-33(45)23-21-27(26-38(40)47(37)28-12-3-2-4-13-28)29-16-11-17-34(46)42(29)48-35-18-7-5-14-30(35)31-15-6-8-19-36(31)48/h2-20,25-26,33,39H,21-24,46H2,1H3. The van der Waals surface area contributed by atoms with Crippen molar-refractivity contribution in [1.29, 1.82) is 0 Å². The van der Waals surface area contributed by atoms with E-state index in [1.54, 1.807) is 0 Å². The Morgan fingerprint density at radius 2 is 1.53 bits per heavy atom. The largest absolute Gasteiger partial charge is 0.484 e. The van der Waals surface area contributed by atoms with E-state index in [1.165, 1.54) is 16.3 Å². The molecule has 2 aromatic heterocycles. The molecule has 1 aliphatic heterocycles. The highest BCUT2D eigenvalue weighted by Crippen LogP contribution is 2.56. The average Bonchev–Trinajstić information content (AvgIpc) is 3.71. The van der Waals surface area contributed by atoms with Crippen LogP contribution >= 0.6 is 0 Å². The molecular weight excluding hydrogens is 606 g/mol. The van der Waals surface area contributed by atoms with E-state index in [0.29, 0.717) is 18.5 Å². The van der Waals surface area contributed by atoms with Gasteiger partial charge in [-0.25, -0.2) is 4.39 Å². The molecule has 49 heavy (non-hydrogen) atoms. The van der Waals surface area contributed by atoms with Crippen molar-refractivity contribution in [3.63, 3.8) is 0 Å². The fourth-order valence-corrected chi connectivity index (χ4v) is 9.02. The molecule has 0 radical (unpaired) electrons. The number of hydrogen-bond donors (Lipinski definition) is 1. The van der Waals surface area contributed by atoms with Gasteiger partial charge in [-0.1, -0.05) is 85.0 Å². The van der Waals surface area contributed by atoms with Gasteiger partial charge in [0, 0.05) is 38.8 Å². The predicted octanol–water partition coefficient (Wildman–Crippen LogP) is 10.7. The Kier molecular flexibility index (Phi) is 6.08. The lowest BCUT2D eigenvalue weighted by Gasteiger charge is -2.30. The summed E-state index contributed by atoms with van der Waals surface area (Å²) in [7, 11) is 0. The Hall–Kier alpha value is -5.55. The summed E-state index contributed by atoms with van der Waals surface area (Å²) < 4.78 is 28.5. The summed E-state index contributed by atoms with van der Waals surface area (Å²) in [6, 6.07) is 33.6. The van der Waals surface area contributed by atoms with Crippen molar-refractivity contribution < 1.29 is 9.13 Å². The fourth-order valence-electron chi connectivity index (χ4n) is 9.02. The number of hydrogen-bond acceptors (Lipinski definition) is 2. The van der Waals surface area contributed by atoms with Crippen LogP contribution < -0.4 is 5.73 Å². The normalized spacial score (nSPS) is 22.4. The van der Waals surface area contributed by atoms with Crippen LogP contribution in [0.1, 0.15) is 60.4 Å². The Morgan fingerprint density at radius 1 is 0.796 bits per heavy atom. The van der Waals surface area contributed by atoms with Crippen molar-refractivity contribution in [2.45, 2.75) is 44.9 Å². The van der Waals surface area contributed by atoms with Crippen LogP contribution in [0, 0.1) is 5.41 Å². The van der Waals surface area contributed by atoms with Crippen LogP contribution in [0.5, 0.6) is 0 Å². The highest BCUT2D eigenvalue weighted by atomic mass is 19.1. The highest BCUT2D eigenvalue weighted by Gasteiger charge is 2.49. The van der Waals surface area contributed by atoms with Gasteiger partial charge in [0.05, 0.1) is 33.5 Å². The second-order valence-corrected chi connectivity index (χ2v) is 14.0. The molecule has 2 N–H and O–H groups in total. The van der Waals surface area contributed by atoms with E-state index < -0.39 is 6.17 Å². The Morgan fingerprint density at radius 3 is 2.31 bits per heavy atom. The number of nitrogens with two attached hydrogens (primary N) is 1. The van der Waals surface area contributed by atoms with Crippen LogP contribution in [0.3, 0.4) is 0 Å². The smallest absolute Gasteiger partial charge is 0.130 e. The number of alkyl halides is 1. The molecule has 0 saturated carbocycles. The predicted molar refractivity (Wildman–Crippen MR) is 198 cm³/mol. The number of para-hydroxylation sites is 4. The summed E-state index contributed by atoms with van der Waals surface area (Å²) in [4.78, 5) is 0. The zero-order chi connectivity index (χ0) is 32.9. The molecule has 5 heteroatoms. The van der Waals surface area contributed by atoms with E-state index in [9.17, 15) is 0 Å². The molecule has 3 unspecified atom stereocenters. The van der Waals surface area contributed by atoms with Gasteiger partial charge in [0.2, 0.25) is 0 Å². The average molecular weight is 642 g/mol. The minimum Gasteiger partial charge on any atom is -0.484 e. The van der Waals surface area contributed by atoms with Gasteiger partial charge in [0.25, 0.3) is 0 Å². The molecule has 3 aliphatic carbocycles. The van der Waals surface area contributed by atoms with Gasteiger partial charge < -0.3 is 19.6 Å². The van der Waals surface area contributed by atoms with E-state index in [0.717, 1.165) is 74.7 Å². The zero-order valence-corrected chi connectivity index (χ0v) is 27.4. The summed E-state index contributed by atoms with van der Waals surface area (Å²) in [5, 5.41) is 2.36. The van der Waals surface area contributed by atoms with Crippen molar-refractivity contribution in [1.82, 2.24) is 9.13 Å². The molecule has 4 aliphatic rings. The number of ether oxygens (including phenoxy) is 1. The Balaban J connectivity index is 1.24. The minimum absolute atomic E-state index is 0.0832. The van der Waals surface area contributed by atoms with E-state index in [2.05, 4.69) is 125 Å². The number of rotatable bonds is 3. The van der Waals surface area contributed by atoms with Gasteiger partial charge in [0.15, 0.2) is 0 Å². The second kappa shape index (κ2) is 10.5. The third kappa shape index (κ3) is 3.96. The number of fused-ring (bicyclic) bond motifs is 9. The first kappa shape index (κ1) is 28.5. The number of allylic oxidation sites excluding steroid dienone is 3. The zero-order valence-electron chi connectivity index (χ0n) is 27.4. The van der Waals surface area contributed by atoms with E-state index in [1.807, 2.05) is 18.2 Å². The van der Waals surface area contributed by atoms with Crippen molar-refractivity contribution in [2.24, 2.45) is 5.41 Å². The molecule has 6 aromatic rings. The minimum atomic E-state index is -1.16. The van der Waals surface area contributed by atoms with Crippen LogP contribution in [0.4, 0.5) is 10.1 Å². The fraction of sp³-hybridized carbons (Fsp3) is 0.182. The lowest BCUT2D eigenvalue weighted by molar-refractivity contribution is 0.165. The molecule has 0 amide bonds. The van der Waals surface area contributed by atoms with E-state index >= 15 is 4.39 Å². The van der Waals surface area contributed by atoms with Crippen LogP contribution in [-0.4, -0.2) is 15.2 Å². The number of anilines is 1. The lowest BCUT2D eigenvalue weighted by Crippen LogP contribution is -2.29. The molecule has 10 rings (SSSR count). The maximum absolute atomic E-state index is 17.1. The van der Waals surface area contributed by atoms with E-state index in [-0.39, 0.29) is 11.5 Å². The van der Waals surface area contributed by atoms with Crippen molar-refractivity contribution >= 4 is 44.9 Å². The molecule has 0 saturated heterocycles. The Labute approximate surface area is 284 Å². The third-order valence-electron chi connectivity index (χ3n) is 11.3. The second-order valence-electron chi connectivity index (χ2n) is 14.0. The molecule has 4 aromatic carbocycles. The highest BCUT2D eigenvalue weighted by molar-refractivity contribution is 6.10. The van der Waals surface area contributed by atoms with Gasteiger partial charge in [-0.2, -0.15) is 0 Å². The van der Waals surface area contributed by atoms with Crippen LogP contribution in [-0.2, 0) is 11.2 Å². The quantitative estimate of drug-likeness (QED) is 0.196. The van der Waals surface area contributed by atoms with Crippen molar-refractivity contribution in [3.8, 4) is 11.4 Å². The summed E-state index contributed by atoms with van der Waals surface area (Å²) in [6.45, 7) is 2.26. The van der Waals surface area contributed by atoms with Gasteiger partial charge in [-0.15, -0.1) is 0 Å². The molecule has 0 bridgehead atoms. The molecular formula is C44H36FN3O. The number of aromatic nitrogens is 2. The number of nitrogens with zero attached hydrogens (tertiary/aromatic N) is 2. The van der Waals surface area contributed by atoms with Crippen LogP contribution in [0.25, 0.3) is 50.6 Å². The lowest BCUT2D eigenvalue weighted by atomic mass is 9.72. The summed E-state index contributed by atoms with van der Waals surface area (Å²) >= 11 is 0. The maximum atomic E-state index is 17.1. The first-order chi connectivity index (χ1) is 24.0. The number of benzene rings is 4. The van der Waals surface area contributed by atoms with Gasteiger partial charge in [-0.3, -0.25) is 0 Å². The van der Waals surface area contributed by atoms with Gasteiger partial charge in [0.1, 0.15) is 18.0 Å². The van der Waals surface area contributed by atoms with Crippen LogP contribution in [0.15, 0.2) is 127 Å². The number of halogens is 1. The molecule has 0 fully saturated rings. The van der Waals surface area contributed by atoms with Gasteiger partial charge >= 0.3 is 0 Å². The first-order valence-corrected chi connectivity index (χ1v) is 17.3. The monoisotopic (exact) mass is 641 g/mol. The first-order valence-electron chi connectivity index (χ1n) is 17.3. The SMILES string of the molecule is CC12C=CC=CC1OC1=C2CCc2c1c1c(n2-c2ccccc2)C=C(c2cccc(N)c2-n2c3ccccc3c3ccccc32)CCC1F. The van der Waals surface area contributed by atoms with Gasteiger partial charge in [-0.05, 0) is 86.2 Å². The molecule has 3 heterocycles. The number of nitrogen functional groups attached to an aromatic ring is 1. The van der Waals surface area contributed by atoms with Crippen molar-refractivity contribution in [2.75, 3.05) is 5.73 Å². The molecule has 4 nitrogen and oxygen atoms in total. The van der Waals surface area contributed by atoms with Crippen molar-refractivity contribution in [3.05, 3.63) is 155 Å². The summed E-state index contributed by atoms with van der Waals surface area (Å²) in [5.41, 5.74) is 18.7. The molecule has 0 spiro atoms. The Bertz CT molecular complexity index is 2420.